The second-order valence-corrected chi connectivity index (χ2v) is 7.24. The van der Waals surface area contributed by atoms with E-state index in [2.05, 4.69) is 16.0 Å². The molecule has 0 atom stereocenters. The van der Waals surface area contributed by atoms with E-state index in [1.807, 2.05) is 26.0 Å². The molecule has 3 heterocycles. The highest BCUT2D eigenvalue weighted by Gasteiger charge is 2.18. The molecule has 0 aromatic carbocycles. The smallest absolute Gasteiger partial charge is 0.339 e. The van der Waals surface area contributed by atoms with Crippen LogP contribution in [-0.4, -0.2) is 22.9 Å². The van der Waals surface area contributed by atoms with Gasteiger partial charge in [0.05, 0.1) is 5.56 Å². The maximum atomic E-state index is 12.5. The first-order valence-corrected chi connectivity index (χ1v) is 9.42. The van der Waals surface area contributed by atoms with Crippen molar-refractivity contribution in [2.75, 3.05) is 6.61 Å². The molecule has 0 spiro atoms. The highest BCUT2D eigenvalue weighted by Crippen LogP contribution is 2.18. The van der Waals surface area contributed by atoms with Gasteiger partial charge in [0, 0.05) is 40.5 Å². The van der Waals surface area contributed by atoms with Gasteiger partial charge in [0.25, 0.3) is 0 Å². The summed E-state index contributed by atoms with van der Waals surface area (Å²) in [7, 11) is 0. The first-order chi connectivity index (χ1) is 13.0. The van der Waals surface area contributed by atoms with Crippen LogP contribution in [0.2, 0.25) is 0 Å². The van der Waals surface area contributed by atoms with Gasteiger partial charge < -0.3 is 14.5 Å². The molecule has 140 valence electrons. The fraction of sp³-hybridized carbons (Fsp3) is 0.250. The van der Waals surface area contributed by atoms with Crippen LogP contribution in [0.4, 0.5) is 0 Å². The highest BCUT2D eigenvalue weighted by molar-refractivity contribution is 7.09. The van der Waals surface area contributed by atoms with Crippen LogP contribution >= 0.6 is 11.3 Å². The minimum atomic E-state index is -0.629. The molecule has 3 aromatic heterocycles. The molecule has 0 N–H and O–H groups in total. The van der Waals surface area contributed by atoms with Crippen molar-refractivity contribution in [2.24, 2.45) is 0 Å². The van der Waals surface area contributed by atoms with E-state index in [9.17, 15) is 14.8 Å². The molecule has 0 aliphatic carbocycles. The minimum Gasteiger partial charge on any atom is -0.619 e. The normalized spacial score (nSPS) is 10.7. The molecular formula is C20H20N2O4S. The Hall–Kier alpha value is -2.93. The third-order valence-electron chi connectivity index (χ3n) is 4.41. The first-order valence-electron chi connectivity index (χ1n) is 8.54. The number of carbonyl (C=O) groups excluding carboxylic acids is 2. The number of hydrogen-bond donors (Lipinski definition) is 0. The van der Waals surface area contributed by atoms with E-state index < -0.39 is 5.97 Å². The highest BCUT2D eigenvalue weighted by atomic mass is 32.1. The van der Waals surface area contributed by atoms with E-state index in [0.29, 0.717) is 10.3 Å². The van der Waals surface area contributed by atoms with Crippen molar-refractivity contribution < 1.29 is 19.1 Å². The zero-order valence-electron chi connectivity index (χ0n) is 15.2. The predicted molar refractivity (Wildman–Crippen MR) is 102 cm³/mol. The van der Waals surface area contributed by atoms with Gasteiger partial charge in [-0.15, -0.1) is 11.3 Å². The lowest BCUT2D eigenvalue weighted by Crippen LogP contribution is -2.24. The molecule has 0 aliphatic heterocycles. The Kier molecular flexibility index (Phi) is 5.71. The number of ether oxygens (including phenoxy) is 1. The summed E-state index contributed by atoms with van der Waals surface area (Å²) in [6.07, 6.45) is 3.32. The number of carbonyl (C=O) groups is 2. The summed E-state index contributed by atoms with van der Waals surface area (Å²) < 4.78 is 7.79. The third-order valence-corrected chi connectivity index (χ3v) is 5.34. The average Bonchev–Trinajstić information content (AvgIpc) is 3.27. The molecular weight excluding hydrogens is 364 g/mol. The topological polar surface area (TPSA) is 75.2 Å². The first kappa shape index (κ1) is 18.8. The van der Waals surface area contributed by atoms with Crippen LogP contribution in [0.3, 0.4) is 0 Å². The lowest BCUT2D eigenvalue weighted by Gasteiger charge is -2.09. The molecule has 0 unspecified atom stereocenters. The fourth-order valence-electron chi connectivity index (χ4n) is 2.95. The van der Waals surface area contributed by atoms with Gasteiger partial charge in [0.2, 0.25) is 5.78 Å². The van der Waals surface area contributed by atoms with Crippen molar-refractivity contribution in [3.63, 3.8) is 0 Å². The van der Waals surface area contributed by atoms with Crippen molar-refractivity contribution in [1.82, 2.24) is 4.57 Å². The third kappa shape index (κ3) is 4.43. The molecule has 7 heteroatoms. The Morgan fingerprint density at radius 1 is 1.22 bits per heavy atom. The van der Waals surface area contributed by atoms with Crippen molar-refractivity contribution in [1.29, 1.82) is 0 Å². The molecule has 0 radical (unpaired) electrons. The Balaban J connectivity index is 1.63. The summed E-state index contributed by atoms with van der Waals surface area (Å²) in [4.78, 5) is 25.8. The summed E-state index contributed by atoms with van der Waals surface area (Å²) in [6, 6.07) is 8.68. The van der Waals surface area contributed by atoms with Crippen molar-refractivity contribution in [2.45, 2.75) is 26.8 Å². The quantitative estimate of drug-likeness (QED) is 0.272. The molecule has 27 heavy (non-hydrogen) atoms. The second-order valence-electron chi connectivity index (χ2n) is 6.21. The minimum absolute atomic E-state index is 0.233. The number of pyridine rings is 1. The van der Waals surface area contributed by atoms with E-state index in [0.717, 1.165) is 24.4 Å². The Morgan fingerprint density at radius 3 is 2.63 bits per heavy atom. The molecule has 0 amide bonds. The number of rotatable bonds is 7. The maximum Gasteiger partial charge on any atom is 0.339 e. The average molecular weight is 384 g/mol. The van der Waals surface area contributed by atoms with E-state index in [1.54, 1.807) is 11.3 Å². The summed E-state index contributed by atoms with van der Waals surface area (Å²) in [6.45, 7) is 4.33. The molecule has 0 saturated heterocycles. The molecule has 0 bridgehead atoms. The SMILES string of the molecule is Cc1cc(C(=O)COC(=O)c2cc[n+]([O-])cc2)c(C)n1CCc1cccs1. The van der Waals surface area contributed by atoms with Crippen molar-refractivity contribution >= 4 is 23.1 Å². The molecule has 0 fully saturated rings. The fourth-order valence-corrected chi connectivity index (χ4v) is 3.64. The zero-order chi connectivity index (χ0) is 19.4. The maximum absolute atomic E-state index is 12.5. The van der Waals surface area contributed by atoms with Gasteiger partial charge in [0.1, 0.15) is 0 Å². The molecule has 3 rings (SSSR count). The van der Waals surface area contributed by atoms with Crippen LogP contribution in [0.25, 0.3) is 0 Å². The number of esters is 1. The Morgan fingerprint density at radius 2 is 1.96 bits per heavy atom. The number of aryl methyl sites for hydroxylation is 2. The number of nitrogens with zero attached hydrogens (tertiary/aromatic N) is 2. The summed E-state index contributed by atoms with van der Waals surface area (Å²) >= 11 is 1.72. The van der Waals surface area contributed by atoms with Crippen LogP contribution in [0.5, 0.6) is 0 Å². The van der Waals surface area contributed by atoms with Gasteiger partial charge in [-0.25, -0.2) is 4.79 Å². The van der Waals surface area contributed by atoms with E-state index in [-0.39, 0.29) is 18.0 Å². The number of ketones is 1. The number of Topliss-reactive ketones (excluding diaryl/α,β-unsaturated/α-hetero) is 1. The van der Waals surface area contributed by atoms with Crippen LogP contribution < -0.4 is 4.73 Å². The van der Waals surface area contributed by atoms with E-state index in [4.69, 9.17) is 4.74 Å². The number of hydrogen-bond acceptors (Lipinski definition) is 5. The lowest BCUT2D eigenvalue weighted by atomic mass is 10.1. The Bertz CT molecular complexity index is 943. The van der Waals surface area contributed by atoms with Crippen molar-refractivity contribution in [3.05, 3.63) is 80.7 Å². The molecule has 0 saturated carbocycles. The van der Waals surface area contributed by atoms with Gasteiger partial charge in [-0.05, 0) is 37.8 Å². The Labute approximate surface area is 161 Å². The van der Waals surface area contributed by atoms with E-state index >= 15 is 0 Å². The van der Waals surface area contributed by atoms with Gasteiger partial charge >= 0.3 is 5.97 Å². The standard InChI is InChI=1S/C20H20N2O4S/c1-14-12-18(15(2)22(14)10-7-17-4-3-11-27-17)19(23)13-26-20(24)16-5-8-21(25)9-6-16/h3-6,8-9,11-12H,7,10,13H2,1-2H3. The second kappa shape index (κ2) is 8.18. The summed E-state index contributed by atoms with van der Waals surface area (Å²) in [5.74, 6) is -0.871. The van der Waals surface area contributed by atoms with Gasteiger partial charge in [-0.1, -0.05) is 6.07 Å². The summed E-state index contributed by atoms with van der Waals surface area (Å²) in [5.41, 5.74) is 2.67. The van der Waals surface area contributed by atoms with Crippen LogP contribution in [0.15, 0.2) is 48.1 Å². The lowest BCUT2D eigenvalue weighted by molar-refractivity contribution is -0.605. The predicted octanol–water partition coefficient (Wildman–Crippen LogP) is 3.08. The van der Waals surface area contributed by atoms with Crippen LogP contribution in [-0.2, 0) is 17.7 Å². The molecule has 6 nitrogen and oxygen atoms in total. The zero-order valence-corrected chi connectivity index (χ0v) is 16.0. The largest absolute Gasteiger partial charge is 0.619 e. The summed E-state index contributed by atoms with van der Waals surface area (Å²) in [5, 5.41) is 13.1. The molecule has 3 aromatic rings. The molecule has 0 aliphatic rings. The van der Waals surface area contributed by atoms with E-state index in [1.165, 1.54) is 29.4 Å². The number of aromatic nitrogens is 2. The number of thiophene rings is 1. The van der Waals surface area contributed by atoms with Gasteiger partial charge in [-0.3, -0.25) is 4.79 Å². The monoisotopic (exact) mass is 384 g/mol. The van der Waals surface area contributed by atoms with Crippen molar-refractivity contribution in [3.8, 4) is 0 Å². The van der Waals surface area contributed by atoms with Gasteiger partial charge in [0.15, 0.2) is 19.0 Å². The van der Waals surface area contributed by atoms with Gasteiger partial charge in [-0.2, -0.15) is 4.73 Å². The van der Waals surface area contributed by atoms with Crippen LogP contribution in [0, 0.1) is 19.1 Å². The van der Waals surface area contributed by atoms with Crippen LogP contribution in [0.1, 0.15) is 37.0 Å².